The number of amides is 1. The van der Waals surface area contributed by atoms with Crippen LogP contribution in [0.4, 0.5) is 0 Å². The first-order valence-electron chi connectivity index (χ1n) is 7.31. The molecule has 0 radical (unpaired) electrons. The van der Waals surface area contributed by atoms with E-state index in [4.69, 9.17) is 4.74 Å². The van der Waals surface area contributed by atoms with Gasteiger partial charge < -0.3 is 9.64 Å². The van der Waals surface area contributed by atoms with Crippen LogP contribution in [-0.2, 0) is 16.1 Å². The van der Waals surface area contributed by atoms with Gasteiger partial charge in [0.2, 0.25) is 5.91 Å². The Labute approximate surface area is 124 Å². The summed E-state index contributed by atoms with van der Waals surface area (Å²) in [7, 11) is 1.70. The largest absolute Gasteiger partial charge is 0.383 e. The van der Waals surface area contributed by atoms with E-state index in [1.54, 1.807) is 18.4 Å². The van der Waals surface area contributed by atoms with Crippen molar-refractivity contribution in [2.24, 2.45) is 5.92 Å². The Kier molecular flexibility index (Phi) is 4.38. The Bertz CT molecular complexity index is 449. The number of carbonyl (C=O) groups is 1. The van der Waals surface area contributed by atoms with Crippen molar-refractivity contribution >= 4 is 17.2 Å². The Morgan fingerprint density at radius 2 is 2.30 bits per heavy atom. The summed E-state index contributed by atoms with van der Waals surface area (Å²) in [6.45, 7) is 4.26. The predicted octanol–water partition coefficient (Wildman–Crippen LogP) is 1.82. The van der Waals surface area contributed by atoms with Gasteiger partial charge in [-0.2, -0.15) is 11.3 Å². The fraction of sp³-hybridized carbons (Fsp3) is 0.667. The average Bonchev–Trinajstić information content (AvgIpc) is 2.81. The predicted molar refractivity (Wildman–Crippen MR) is 79.7 cm³/mol. The topological polar surface area (TPSA) is 32.8 Å². The normalized spacial score (nSPS) is 27.1. The van der Waals surface area contributed by atoms with Crippen molar-refractivity contribution in [3.05, 3.63) is 22.4 Å². The minimum Gasteiger partial charge on any atom is -0.383 e. The summed E-state index contributed by atoms with van der Waals surface area (Å²) in [5.74, 6) is 0.523. The third kappa shape index (κ3) is 2.90. The maximum Gasteiger partial charge on any atom is 0.227 e. The molecule has 0 spiro atoms. The van der Waals surface area contributed by atoms with E-state index in [1.165, 1.54) is 5.56 Å². The van der Waals surface area contributed by atoms with Gasteiger partial charge in [-0.3, -0.25) is 9.69 Å². The van der Waals surface area contributed by atoms with E-state index in [-0.39, 0.29) is 5.92 Å². The lowest BCUT2D eigenvalue weighted by Gasteiger charge is -2.35. The molecule has 0 unspecified atom stereocenters. The monoisotopic (exact) mass is 294 g/mol. The molecule has 2 atom stereocenters. The minimum atomic E-state index is 0.184. The Morgan fingerprint density at radius 3 is 3.05 bits per heavy atom. The van der Waals surface area contributed by atoms with Gasteiger partial charge in [0.05, 0.1) is 12.5 Å². The van der Waals surface area contributed by atoms with Crippen LogP contribution in [0.1, 0.15) is 18.4 Å². The molecule has 2 bridgehead atoms. The van der Waals surface area contributed by atoms with Crippen molar-refractivity contribution in [3.8, 4) is 0 Å². The molecule has 1 amide bonds. The molecule has 0 saturated carbocycles. The second-order valence-corrected chi connectivity index (χ2v) is 6.56. The molecule has 0 N–H and O–H groups in total. The van der Waals surface area contributed by atoms with Crippen LogP contribution in [0, 0.1) is 5.92 Å². The first-order valence-corrected chi connectivity index (χ1v) is 8.25. The number of rotatable bonds is 5. The van der Waals surface area contributed by atoms with E-state index in [9.17, 15) is 4.79 Å². The molecule has 20 heavy (non-hydrogen) atoms. The Balaban J connectivity index is 1.69. The minimum absolute atomic E-state index is 0.184. The summed E-state index contributed by atoms with van der Waals surface area (Å²) < 4.78 is 5.15. The van der Waals surface area contributed by atoms with Gasteiger partial charge in [0.15, 0.2) is 0 Å². The molecule has 3 aliphatic heterocycles. The summed E-state index contributed by atoms with van der Waals surface area (Å²) in [5.41, 5.74) is 1.37. The zero-order chi connectivity index (χ0) is 13.9. The first kappa shape index (κ1) is 14.0. The van der Waals surface area contributed by atoms with Gasteiger partial charge in [0.25, 0.3) is 0 Å². The molecular weight excluding hydrogens is 272 g/mol. The summed E-state index contributed by atoms with van der Waals surface area (Å²) in [4.78, 5) is 17.0. The lowest BCUT2D eigenvalue weighted by Crippen LogP contribution is -2.49. The third-order valence-electron chi connectivity index (χ3n) is 4.39. The highest BCUT2D eigenvalue weighted by Crippen LogP contribution is 2.29. The van der Waals surface area contributed by atoms with Crippen molar-refractivity contribution in [2.45, 2.75) is 25.4 Å². The molecule has 110 valence electrons. The van der Waals surface area contributed by atoms with Crippen LogP contribution in [0.5, 0.6) is 0 Å². The zero-order valence-electron chi connectivity index (χ0n) is 12.0. The first-order chi connectivity index (χ1) is 9.78. The molecule has 0 aliphatic carbocycles. The molecule has 1 aromatic rings. The standard InChI is InChI=1S/C15H22N2O2S/c1-19-6-5-17-14-3-2-13(15(17)18)9-16(10-14)8-12-4-7-20-11-12/h4,7,11,13-14H,2-3,5-6,8-10H2,1H3/t13-,14+/m0/s1. The fourth-order valence-electron chi connectivity index (χ4n) is 3.38. The molecule has 3 aliphatic rings. The van der Waals surface area contributed by atoms with E-state index in [1.807, 2.05) is 0 Å². The van der Waals surface area contributed by atoms with Crippen LogP contribution in [0.25, 0.3) is 0 Å². The molecule has 5 heteroatoms. The van der Waals surface area contributed by atoms with Gasteiger partial charge in [-0.15, -0.1) is 0 Å². The van der Waals surface area contributed by atoms with E-state index in [0.29, 0.717) is 18.6 Å². The van der Waals surface area contributed by atoms with Crippen LogP contribution < -0.4 is 0 Å². The molecular formula is C15H22N2O2S. The van der Waals surface area contributed by atoms with Gasteiger partial charge >= 0.3 is 0 Å². The SMILES string of the molecule is COCCN1C(=O)[C@H]2CC[C@@H]1CN(Cc1ccsc1)C2. The summed E-state index contributed by atoms with van der Waals surface area (Å²) in [6, 6.07) is 2.55. The Hall–Kier alpha value is -0.910. The van der Waals surface area contributed by atoms with Crippen LogP contribution in [0.15, 0.2) is 16.8 Å². The summed E-state index contributed by atoms with van der Waals surface area (Å²) in [5, 5.41) is 4.33. The summed E-state index contributed by atoms with van der Waals surface area (Å²) in [6.07, 6.45) is 2.19. The molecule has 1 aromatic heterocycles. The number of carbonyl (C=O) groups excluding carboxylic acids is 1. The zero-order valence-corrected chi connectivity index (χ0v) is 12.8. The van der Waals surface area contributed by atoms with Crippen molar-refractivity contribution in [2.75, 3.05) is 33.4 Å². The van der Waals surface area contributed by atoms with Gasteiger partial charge in [-0.05, 0) is 35.2 Å². The quantitative estimate of drug-likeness (QED) is 0.830. The third-order valence-corrected chi connectivity index (χ3v) is 5.12. The number of nitrogens with zero attached hydrogens (tertiary/aromatic N) is 2. The number of piperidine rings is 1. The maximum atomic E-state index is 12.5. The highest BCUT2D eigenvalue weighted by molar-refractivity contribution is 7.07. The number of thiophene rings is 1. The van der Waals surface area contributed by atoms with Gasteiger partial charge in [0.1, 0.15) is 0 Å². The van der Waals surface area contributed by atoms with E-state index in [0.717, 1.165) is 39.0 Å². The highest BCUT2D eigenvalue weighted by Gasteiger charge is 2.40. The van der Waals surface area contributed by atoms with Crippen molar-refractivity contribution in [3.63, 3.8) is 0 Å². The lowest BCUT2D eigenvalue weighted by molar-refractivity contribution is -0.140. The van der Waals surface area contributed by atoms with Crippen LogP contribution >= 0.6 is 11.3 Å². The molecule has 3 fully saturated rings. The van der Waals surface area contributed by atoms with Crippen molar-refractivity contribution in [1.29, 1.82) is 0 Å². The molecule has 4 rings (SSSR count). The fourth-order valence-corrected chi connectivity index (χ4v) is 4.04. The van der Waals surface area contributed by atoms with Crippen LogP contribution in [-0.4, -0.2) is 55.1 Å². The summed E-state index contributed by atoms with van der Waals surface area (Å²) >= 11 is 1.74. The highest BCUT2D eigenvalue weighted by atomic mass is 32.1. The number of ether oxygens (including phenoxy) is 1. The van der Waals surface area contributed by atoms with Crippen molar-refractivity contribution < 1.29 is 9.53 Å². The van der Waals surface area contributed by atoms with E-state index < -0.39 is 0 Å². The van der Waals surface area contributed by atoms with Crippen molar-refractivity contribution in [1.82, 2.24) is 9.80 Å². The second kappa shape index (κ2) is 6.24. The molecule has 3 saturated heterocycles. The van der Waals surface area contributed by atoms with Gasteiger partial charge in [-0.1, -0.05) is 0 Å². The lowest BCUT2D eigenvalue weighted by atomic mass is 9.94. The smallest absolute Gasteiger partial charge is 0.227 e. The molecule has 4 heterocycles. The van der Waals surface area contributed by atoms with E-state index >= 15 is 0 Å². The molecule has 4 nitrogen and oxygen atoms in total. The Morgan fingerprint density at radius 1 is 1.40 bits per heavy atom. The maximum absolute atomic E-state index is 12.5. The number of fused-ring (bicyclic) bond motifs is 4. The van der Waals surface area contributed by atoms with Crippen LogP contribution in [0.2, 0.25) is 0 Å². The number of hydrogen-bond acceptors (Lipinski definition) is 4. The average molecular weight is 294 g/mol. The second-order valence-electron chi connectivity index (χ2n) is 5.78. The van der Waals surface area contributed by atoms with Crippen LogP contribution in [0.3, 0.4) is 0 Å². The number of methoxy groups -OCH3 is 1. The van der Waals surface area contributed by atoms with Gasteiger partial charge in [-0.25, -0.2) is 0 Å². The van der Waals surface area contributed by atoms with E-state index in [2.05, 4.69) is 26.6 Å². The molecule has 0 aromatic carbocycles. The number of hydrogen-bond donors (Lipinski definition) is 0. The van der Waals surface area contributed by atoms with Gasteiger partial charge in [0, 0.05) is 39.3 Å².